The second kappa shape index (κ2) is 9.97. The zero-order valence-electron chi connectivity index (χ0n) is 22.0. The Balaban J connectivity index is 1.52. The molecule has 4 heteroatoms. The Kier molecular flexibility index (Phi) is 5.86. The molecule has 0 unspecified atom stereocenters. The predicted molar refractivity (Wildman–Crippen MR) is 166 cm³/mol. The molecule has 0 amide bonds. The predicted octanol–water partition coefficient (Wildman–Crippen LogP) is 9.60. The third-order valence-corrected chi connectivity index (χ3v) is 7.45. The second-order valence-electron chi connectivity index (χ2n) is 9.84. The molecule has 0 aliphatic rings. The number of hydrogen-bond donors (Lipinski definition) is 0. The lowest BCUT2D eigenvalue weighted by atomic mass is 9.97. The molecule has 5 aromatic carbocycles. The van der Waals surface area contributed by atoms with Gasteiger partial charge in [0.05, 0.1) is 40.8 Å². The maximum Gasteiger partial charge on any atom is 0.196 e. The molecule has 4 nitrogen and oxygen atoms in total. The molecule has 190 valence electrons. The molecule has 0 bridgehead atoms. The zero-order valence-corrected chi connectivity index (χ0v) is 22.0. The lowest BCUT2D eigenvalue weighted by molar-refractivity contribution is 1.16. The highest BCUT2D eigenvalue weighted by molar-refractivity contribution is 6.11. The summed E-state index contributed by atoms with van der Waals surface area (Å²) in [7, 11) is 0. The number of para-hydroxylation sites is 1. The first kappa shape index (κ1) is 24.1. The summed E-state index contributed by atoms with van der Waals surface area (Å²) in [6, 6.07) is 46.9. The van der Waals surface area contributed by atoms with Gasteiger partial charge in [-0.3, -0.25) is 0 Å². The van der Waals surface area contributed by atoms with Gasteiger partial charge >= 0.3 is 0 Å². The highest BCUT2D eigenvalue weighted by atomic mass is 15.0. The Morgan fingerprint density at radius 1 is 0.610 bits per heavy atom. The summed E-state index contributed by atoms with van der Waals surface area (Å²) < 4.78 is 2.28. The van der Waals surface area contributed by atoms with E-state index in [1.165, 1.54) is 0 Å². The monoisotopic (exact) mass is 522 g/mol. The van der Waals surface area contributed by atoms with Crippen LogP contribution >= 0.6 is 0 Å². The van der Waals surface area contributed by atoms with Crippen LogP contribution in [0, 0.1) is 17.9 Å². The number of fused-ring (bicyclic) bond motifs is 3. The lowest BCUT2D eigenvalue weighted by Crippen LogP contribution is -1.98. The smallest absolute Gasteiger partial charge is 0.196 e. The molecule has 2 heterocycles. The van der Waals surface area contributed by atoms with E-state index in [0.29, 0.717) is 16.8 Å². The molecule has 7 aromatic rings. The maximum absolute atomic E-state index is 9.81. The van der Waals surface area contributed by atoms with E-state index >= 15 is 0 Å². The van der Waals surface area contributed by atoms with Crippen LogP contribution in [0.5, 0.6) is 0 Å². The number of nitrogens with zero attached hydrogens (tertiary/aromatic N) is 4. The van der Waals surface area contributed by atoms with Crippen LogP contribution in [0.3, 0.4) is 0 Å². The first-order valence-electron chi connectivity index (χ1n) is 13.3. The van der Waals surface area contributed by atoms with E-state index < -0.39 is 0 Å². The van der Waals surface area contributed by atoms with Crippen molar-refractivity contribution in [1.82, 2.24) is 9.55 Å². The van der Waals surface area contributed by atoms with Gasteiger partial charge in [0.1, 0.15) is 0 Å². The topological polar surface area (TPSA) is 46.0 Å². The largest absolute Gasteiger partial charge is 0.309 e. The summed E-state index contributed by atoms with van der Waals surface area (Å²) in [5.74, 6) is 0. The van der Waals surface area contributed by atoms with Gasteiger partial charge in [-0.15, -0.1) is 0 Å². The number of benzene rings is 5. The molecular weight excluding hydrogens is 500 g/mol. The summed E-state index contributed by atoms with van der Waals surface area (Å²) in [6.07, 6.45) is 0. The van der Waals surface area contributed by atoms with Crippen LogP contribution < -0.4 is 0 Å². The fourth-order valence-corrected chi connectivity index (χ4v) is 5.60. The van der Waals surface area contributed by atoms with Gasteiger partial charge in [0.15, 0.2) is 5.69 Å². The molecule has 0 fully saturated rings. The summed E-state index contributed by atoms with van der Waals surface area (Å²) >= 11 is 0. The van der Waals surface area contributed by atoms with E-state index in [0.717, 1.165) is 55.6 Å². The van der Waals surface area contributed by atoms with Crippen molar-refractivity contribution in [2.24, 2.45) is 0 Å². The molecule has 0 spiro atoms. The van der Waals surface area contributed by atoms with E-state index in [1.807, 2.05) is 48.5 Å². The average Bonchev–Trinajstić information content (AvgIpc) is 3.38. The summed E-state index contributed by atoms with van der Waals surface area (Å²) in [5, 5.41) is 12.0. The van der Waals surface area contributed by atoms with E-state index in [9.17, 15) is 5.26 Å². The quantitative estimate of drug-likeness (QED) is 0.216. The normalized spacial score (nSPS) is 10.9. The average molecular weight is 523 g/mol. The van der Waals surface area contributed by atoms with Gasteiger partial charge < -0.3 is 4.57 Å². The molecule has 0 radical (unpaired) electrons. The van der Waals surface area contributed by atoms with Gasteiger partial charge in [0.2, 0.25) is 0 Å². The van der Waals surface area contributed by atoms with E-state index in [4.69, 9.17) is 11.6 Å². The fraction of sp³-hybridized carbons (Fsp3) is 0. The summed E-state index contributed by atoms with van der Waals surface area (Å²) in [5.41, 5.74) is 9.51. The molecule has 7 rings (SSSR count). The number of rotatable bonds is 4. The van der Waals surface area contributed by atoms with Crippen molar-refractivity contribution in [2.75, 3.05) is 0 Å². The van der Waals surface area contributed by atoms with Gasteiger partial charge in [0, 0.05) is 33.0 Å². The Morgan fingerprint density at radius 2 is 1.24 bits per heavy atom. The van der Waals surface area contributed by atoms with Gasteiger partial charge in [-0.2, -0.15) is 5.26 Å². The van der Waals surface area contributed by atoms with Crippen LogP contribution in [0.15, 0.2) is 133 Å². The molecule has 2 aromatic heterocycles. The molecule has 0 aliphatic heterocycles. The van der Waals surface area contributed by atoms with Crippen molar-refractivity contribution in [3.63, 3.8) is 0 Å². The minimum atomic E-state index is 0.473. The second-order valence-corrected chi connectivity index (χ2v) is 9.84. The summed E-state index contributed by atoms with van der Waals surface area (Å²) in [6.45, 7) is 7.70. The Labute approximate surface area is 237 Å². The van der Waals surface area contributed by atoms with Gasteiger partial charge in [-0.05, 0) is 42.0 Å². The fourth-order valence-electron chi connectivity index (χ4n) is 5.60. The minimum Gasteiger partial charge on any atom is -0.309 e. The van der Waals surface area contributed by atoms with E-state index in [-0.39, 0.29) is 0 Å². The van der Waals surface area contributed by atoms with Crippen molar-refractivity contribution >= 4 is 27.5 Å². The molecule has 0 saturated heterocycles. The first-order chi connectivity index (χ1) is 20.2. The SMILES string of the molecule is [C-]#[N+]c1cccc(C#N)c1-c1ccc2c(c1)c1ccccc1n2-c1cc(-c2ccccc2)nc(-c2ccccc2)c1. The van der Waals surface area contributed by atoms with Crippen LogP contribution in [0.2, 0.25) is 0 Å². The molecule has 0 atom stereocenters. The molecule has 0 aliphatic carbocycles. The van der Waals surface area contributed by atoms with Gasteiger partial charge in [-0.1, -0.05) is 97.1 Å². The van der Waals surface area contributed by atoms with E-state index in [2.05, 4.69) is 82.2 Å². The van der Waals surface area contributed by atoms with Crippen molar-refractivity contribution in [1.29, 1.82) is 5.26 Å². The van der Waals surface area contributed by atoms with Crippen LogP contribution in [0.4, 0.5) is 5.69 Å². The van der Waals surface area contributed by atoms with Gasteiger partial charge in [0.25, 0.3) is 0 Å². The number of hydrogen-bond acceptors (Lipinski definition) is 2. The van der Waals surface area contributed by atoms with Crippen LogP contribution in [-0.4, -0.2) is 9.55 Å². The van der Waals surface area contributed by atoms with E-state index in [1.54, 1.807) is 18.2 Å². The Bertz CT molecular complexity index is 2070. The zero-order chi connectivity index (χ0) is 27.8. The van der Waals surface area contributed by atoms with Crippen molar-refractivity contribution in [3.8, 4) is 45.4 Å². The number of nitriles is 1. The molecule has 0 N–H and O–H groups in total. The molecule has 0 saturated carbocycles. The van der Waals surface area contributed by atoms with Crippen LogP contribution in [-0.2, 0) is 0 Å². The highest BCUT2D eigenvalue weighted by Gasteiger charge is 2.17. The third-order valence-electron chi connectivity index (χ3n) is 7.45. The Morgan fingerprint density at radius 3 is 1.90 bits per heavy atom. The molecular formula is C37H22N4. The highest BCUT2D eigenvalue weighted by Crippen LogP contribution is 2.39. The number of aromatic nitrogens is 2. The Hall–Kier alpha value is -5.97. The third kappa shape index (κ3) is 4.12. The van der Waals surface area contributed by atoms with Crippen LogP contribution in [0.25, 0.3) is 66.0 Å². The standard InChI is InChI=1S/C37H22N4/c1-39-32-17-10-15-28(24-38)37(32)27-19-20-36-31(21-27)30-16-8-9-18-35(30)41(36)29-22-33(25-11-4-2-5-12-25)40-34(23-29)26-13-6-3-7-14-26/h2-23H. The first-order valence-corrected chi connectivity index (χ1v) is 13.3. The van der Waals surface area contributed by atoms with Crippen molar-refractivity contribution in [3.05, 3.63) is 150 Å². The minimum absolute atomic E-state index is 0.473. The number of pyridine rings is 1. The summed E-state index contributed by atoms with van der Waals surface area (Å²) in [4.78, 5) is 8.78. The van der Waals surface area contributed by atoms with Crippen LogP contribution in [0.1, 0.15) is 5.56 Å². The lowest BCUT2D eigenvalue weighted by Gasteiger charge is -2.13. The van der Waals surface area contributed by atoms with Crippen molar-refractivity contribution in [2.45, 2.75) is 0 Å². The molecule has 41 heavy (non-hydrogen) atoms. The van der Waals surface area contributed by atoms with Gasteiger partial charge in [-0.25, -0.2) is 9.83 Å². The maximum atomic E-state index is 9.81. The van der Waals surface area contributed by atoms with Crippen molar-refractivity contribution < 1.29 is 0 Å².